The van der Waals surface area contributed by atoms with Crippen LogP contribution in [0.3, 0.4) is 0 Å². The monoisotopic (exact) mass is 414 g/mol. The predicted octanol–water partition coefficient (Wildman–Crippen LogP) is 4.73. The number of amides is 1. The van der Waals surface area contributed by atoms with Crippen LogP contribution in [0.25, 0.3) is 0 Å². The van der Waals surface area contributed by atoms with Crippen molar-refractivity contribution in [2.24, 2.45) is 0 Å². The molecule has 0 radical (unpaired) electrons. The molecule has 3 rings (SSSR count). The maximum atomic E-state index is 12.5. The molecule has 0 aliphatic rings. The number of thiophene rings is 1. The molecule has 1 aromatic carbocycles. The molecule has 0 bridgehead atoms. The Balaban J connectivity index is 1.62. The third-order valence-corrected chi connectivity index (χ3v) is 6.06. The molecule has 0 saturated carbocycles. The quantitative estimate of drug-likeness (QED) is 0.448. The smallest absolute Gasteiger partial charge is 0.340 e. The molecule has 28 heavy (non-hydrogen) atoms. The summed E-state index contributed by atoms with van der Waals surface area (Å²) in [5, 5.41) is 4.82. The first-order valence-corrected chi connectivity index (χ1v) is 10.9. The van der Waals surface area contributed by atoms with E-state index >= 15 is 0 Å². The number of para-hydroxylation sites is 1. The molecule has 0 atom stereocenters. The summed E-state index contributed by atoms with van der Waals surface area (Å²) in [6, 6.07) is 13.4. The highest BCUT2D eigenvalue weighted by Crippen LogP contribution is 2.24. The number of carbonyl (C=O) groups excluding carboxylic acids is 2. The van der Waals surface area contributed by atoms with Gasteiger partial charge in [0.1, 0.15) is 0 Å². The van der Waals surface area contributed by atoms with Crippen molar-refractivity contribution in [1.82, 2.24) is 4.57 Å². The summed E-state index contributed by atoms with van der Waals surface area (Å²) in [4.78, 5) is 26.9. The number of esters is 1. The second-order valence-electron chi connectivity index (χ2n) is 6.27. The molecule has 0 saturated heterocycles. The van der Waals surface area contributed by atoms with Gasteiger partial charge in [0.05, 0.1) is 17.8 Å². The van der Waals surface area contributed by atoms with E-state index in [1.165, 1.54) is 4.88 Å². The van der Waals surface area contributed by atoms with Crippen LogP contribution < -0.4 is 5.32 Å². The Hall–Kier alpha value is -2.51. The zero-order valence-corrected chi connectivity index (χ0v) is 17.7. The summed E-state index contributed by atoms with van der Waals surface area (Å²) >= 11 is 3.22. The number of hydrogen-bond donors (Lipinski definition) is 1. The van der Waals surface area contributed by atoms with Gasteiger partial charge in [-0.25, -0.2) is 4.79 Å². The van der Waals surface area contributed by atoms with Crippen LogP contribution in [0, 0.1) is 13.8 Å². The predicted molar refractivity (Wildman–Crippen MR) is 114 cm³/mol. The van der Waals surface area contributed by atoms with Crippen LogP contribution >= 0.6 is 23.1 Å². The Morgan fingerprint density at radius 3 is 2.68 bits per heavy atom. The minimum absolute atomic E-state index is 0.323. The summed E-state index contributed by atoms with van der Waals surface area (Å²) < 4.78 is 7.33. The van der Waals surface area contributed by atoms with Crippen molar-refractivity contribution in [1.29, 1.82) is 0 Å². The first kappa shape index (κ1) is 20.2. The molecule has 0 spiro atoms. The van der Waals surface area contributed by atoms with Gasteiger partial charge in [-0.1, -0.05) is 18.2 Å². The Morgan fingerprint density at radius 1 is 1.18 bits per heavy atom. The minimum Gasteiger partial charge on any atom is -0.452 e. The van der Waals surface area contributed by atoms with Gasteiger partial charge >= 0.3 is 5.97 Å². The number of anilines is 1. The van der Waals surface area contributed by atoms with E-state index in [4.69, 9.17) is 4.74 Å². The van der Waals surface area contributed by atoms with Crippen molar-refractivity contribution in [2.45, 2.75) is 25.3 Å². The van der Waals surface area contributed by atoms with E-state index in [-0.39, 0.29) is 12.5 Å². The average Bonchev–Trinajstić information content (AvgIpc) is 3.30. The molecule has 0 aliphatic heterocycles. The molecule has 0 fully saturated rings. The highest BCUT2D eigenvalue weighted by atomic mass is 32.2. The number of nitrogens with zero attached hydrogens (tertiary/aromatic N) is 1. The lowest BCUT2D eigenvalue weighted by Crippen LogP contribution is -2.21. The van der Waals surface area contributed by atoms with Gasteiger partial charge in [0.15, 0.2) is 6.61 Å². The van der Waals surface area contributed by atoms with Crippen LogP contribution in [0.2, 0.25) is 0 Å². The highest BCUT2D eigenvalue weighted by Gasteiger charge is 2.18. The molecule has 2 heterocycles. The van der Waals surface area contributed by atoms with E-state index in [0.29, 0.717) is 17.8 Å². The van der Waals surface area contributed by atoms with Crippen LogP contribution in [0.1, 0.15) is 26.6 Å². The second kappa shape index (κ2) is 9.12. The molecule has 1 amide bonds. The number of benzene rings is 1. The van der Waals surface area contributed by atoms with Gasteiger partial charge in [0, 0.05) is 21.2 Å². The first-order chi connectivity index (χ1) is 13.5. The fourth-order valence-corrected chi connectivity index (χ4v) is 4.20. The van der Waals surface area contributed by atoms with E-state index in [0.717, 1.165) is 16.3 Å². The Kier molecular flexibility index (Phi) is 6.59. The standard InChI is InChI=1S/C21H22N2O3S2/c1-14-11-17(15(2)23(14)12-16-7-6-10-28-16)21(25)26-13-20(24)22-18-8-4-5-9-19(18)27-3/h4-11H,12-13H2,1-3H3,(H,22,24). The number of hydrogen-bond acceptors (Lipinski definition) is 5. The molecular formula is C21H22N2O3S2. The normalized spacial score (nSPS) is 10.7. The molecule has 5 nitrogen and oxygen atoms in total. The van der Waals surface area contributed by atoms with Crippen LogP contribution in [-0.4, -0.2) is 29.3 Å². The molecule has 0 unspecified atom stereocenters. The lowest BCUT2D eigenvalue weighted by molar-refractivity contribution is -0.119. The van der Waals surface area contributed by atoms with Crippen LogP contribution in [0.15, 0.2) is 52.7 Å². The Morgan fingerprint density at radius 2 is 1.96 bits per heavy atom. The lowest BCUT2D eigenvalue weighted by atomic mass is 10.2. The number of aromatic nitrogens is 1. The molecule has 3 aromatic rings. The maximum absolute atomic E-state index is 12.5. The van der Waals surface area contributed by atoms with Gasteiger partial charge in [0.25, 0.3) is 5.91 Å². The third kappa shape index (κ3) is 4.66. The number of rotatable bonds is 7. The summed E-state index contributed by atoms with van der Waals surface area (Å²) in [5.41, 5.74) is 3.02. The lowest BCUT2D eigenvalue weighted by Gasteiger charge is -2.10. The summed E-state index contributed by atoms with van der Waals surface area (Å²) in [7, 11) is 0. The van der Waals surface area contributed by atoms with Crippen LogP contribution in [-0.2, 0) is 16.1 Å². The van der Waals surface area contributed by atoms with Crippen molar-refractivity contribution >= 4 is 40.7 Å². The maximum Gasteiger partial charge on any atom is 0.340 e. The van der Waals surface area contributed by atoms with Crippen molar-refractivity contribution < 1.29 is 14.3 Å². The zero-order chi connectivity index (χ0) is 20.1. The average molecular weight is 415 g/mol. The third-order valence-electron chi connectivity index (χ3n) is 4.40. The van der Waals surface area contributed by atoms with Crippen molar-refractivity contribution in [3.05, 3.63) is 69.7 Å². The number of nitrogens with one attached hydrogen (secondary N) is 1. The Bertz CT molecular complexity index is 978. The van der Waals surface area contributed by atoms with E-state index in [1.807, 2.05) is 61.9 Å². The van der Waals surface area contributed by atoms with Crippen molar-refractivity contribution in [3.8, 4) is 0 Å². The van der Waals surface area contributed by atoms with E-state index in [2.05, 4.69) is 16.0 Å². The van der Waals surface area contributed by atoms with E-state index in [9.17, 15) is 9.59 Å². The number of ether oxygens (including phenoxy) is 1. The van der Waals surface area contributed by atoms with Crippen molar-refractivity contribution in [3.63, 3.8) is 0 Å². The van der Waals surface area contributed by atoms with Gasteiger partial charge in [-0.2, -0.15) is 0 Å². The van der Waals surface area contributed by atoms with Gasteiger partial charge in [-0.15, -0.1) is 23.1 Å². The summed E-state index contributed by atoms with van der Waals surface area (Å²) in [5.74, 6) is -0.846. The zero-order valence-electron chi connectivity index (χ0n) is 16.0. The van der Waals surface area contributed by atoms with E-state index in [1.54, 1.807) is 23.1 Å². The molecule has 2 aromatic heterocycles. The van der Waals surface area contributed by atoms with Gasteiger partial charge < -0.3 is 14.6 Å². The molecule has 146 valence electrons. The first-order valence-electron chi connectivity index (χ1n) is 8.78. The fraction of sp³-hybridized carbons (Fsp3) is 0.238. The van der Waals surface area contributed by atoms with Crippen LogP contribution in [0.5, 0.6) is 0 Å². The number of aryl methyl sites for hydroxylation is 1. The SMILES string of the molecule is CSc1ccccc1NC(=O)COC(=O)c1cc(C)n(Cc2cccs2)c1C. The second-order valence-corrected chi connectivity index (χ2v) is 8.16. The Labute approximate surface area is 172 Å². The van der Waals surface area contributed by atoms with Gasteiger partial charge in [0.2, 0.25) is 0 Å². The molecule has 1 N–H and O–H groups in total. The number of carbonyl (C=O) groups is 2. The van der Waals surface area contributed by atoms with Gasteiger partial charge in [-0.3, -0.25) is 4.79 Å². The molecule has 7 heteroatoms. The van der Waals surface area contributed by atoms with Gasteiger partial charge in [-0.05, 0) is 49.7 Å². The topological polar surface area (TPSA) is 60.3 Å². The molecular weight excluding hydrogens is 392 g/mol. The fourth-order valence-electron chi connectivity index (χ4n) is 2.95. The minimum atomic E-state index is -0.487. The summed E-state index contributed by atoms with van der Waals surface area (Å²) in [6.07, 6.45) is 1.94. The van der Waals surface area contributed by atoms with Crippen molar-refractivity contribution in [2.75, 3.05) is 18.2 Å². The number of thioether (sulfide) groups is 1. The van der Waals surface area contributed by atoms with E-state index < -0.39 is 5.97 Å². The largest absolute Gasteiger partial charge is 0.452 e. The van der Waals surface area contributed by atoms with Crippen LogP contribution in [0.4, 0.5) is 5.69 Å². The molecule has 0 aliphatic carbocycles. The highest BCUT2D eigenvalue weighted by molar-refractivity contribution is 7.98. The summed E-state index contributed by atoms with van der Waals surface area (Å²) in [6.45, 7) is 4.25.